The Bertz CT molecular complexity index is 804. The van der Waals surface area contributed by atoms with Crippen LogP contribution in [0.15, 0.2) is 22.7 Å². The van der Waals surface area contributed by atoms with Crippen LogP contribution in [0, 0.1) is 5.82 Å². The number of piperazine rings is 1. The number of amides is 1. The third-order valence-electron chi connectivity index (χ3n) is 4.72. The van der Waals surface area contributed by atoms with Crippen LogP contribution in [0.3, 0.4) is 0 Å². The molecule has 0 aromatic heterocycles. The lowest BCUT2D eigenvalue weighted by Crippen LogP contribution is -2.57. The fourth-order valence-electron chi connectivity index (χ4n) is 3.44. The van der Waals surface area contributed by atoms with Crippen molar-refractivity contribution in [2.24, 2.45) is 0 Å². The highest BCUT2D eigenvalue weighted by atomic mass is 79.9. The number of carbonyl (C=O) groups is 1. The lowest BCUT2D eigenvalue weighted by molar-refractivity contribution is -0.0457. The van der Waals surface area contributed by atoms with E-state index in [9.17, 15) is 17.6 Å². The van der Waals surface area contributed by atoms with E-state index >= 15 is 0 Å². The Kier molecular flexibility index (Phi) is 6.21. The van der Waals surface area contributed by atoms with E-state index < -0.39 is 21.9 Å². The molecule has 3 rings (SSSR count). The van der Waals surface area contributed by atoms with Gasteiger partial charge in [-0.3, -0.25) is 4.79 Å². The highest BCUT2D eigenvalue weighted by Crippen LogP contribution is 2.21. The van der Waals surface area contributed by atoms with Crippen molar-refractivity contribution < 1.29 is 22.3 Å². The zero-order chi connectivity index (χ0) is 19.8. The van der Waals surface area contributed by atoms with E-state index in [1.165, 1.54) is 31.7 Å². The first-order valence-electron chi connectivity index (χ1n) is 8.83. The van der Waals surface area contributed by atoms with Crippen molar-refractivity contribution in [2.45, 2.75) is 26.1 Å². The summed E-state index contributed by atoms with van der Waals surface area (Å²) in [5.74, 6) is -1.02. The van der Waals surface area contributed by atoms with Crippen molar-refractivity contribution in [2.75, 3.05) is 39.3 Å². The van der Waals surface area contributed by atoms with Crippen molar-refractivity contribution in [3.8, 4) is 0 Å². The summed E-state index contributed by atoms with van der Waals surface area (Å²) < 4.78 is 48.8. The zero-order valence-electron chi connectivity index (χ0n) is 15.3. The van der Waals surface area contributed by atoms with Crippen molar-refractivity contribution in [1.82, 2.24) is 13.5 Å². The standard InChI is InChI=1S/C17H23BrFN3O4S/c1-12-10-22(11-13(2)26-12)27(24,25)21-7-5-20(6-8-21)17(23)15-9-14(18)3-4-16(15)19/h3-4,9,12-13H,5-8,10-11H2,1-2H3. The van der Waals surface area contributed by atoms with E-state index in [2.05, 4.69) is 15.9 Å². The van der Waals surface area contributed by atoms with Crippen molar-refractivity contribution >= 4 is 32.0 Å². The van der Waals surface area contributed by atoms with Crippen molar-refractivity contribution in [1.29, 1.82) is 0 Å². The number of nitrogens with zero attached hydrogens (tertiary/aromatic N) is 3. The number of hydrogen-bond acceptors (Lipinski definition) is 4. The summed E-state index contributed by atoms with van der Waals surface area (Å²) >= 11 is 3.24. The number of hydrogen-bond donors (Lipinski definition) is 0. The Morgan fingerprint density at radius 3 is 2.30 bits per heavy atom. The normalized spacial score (nSPS) is 25.6. The quantitative estimate of drug-likeness (QED) is 0.683. The van der Waals surface area contributed by atoms with Crippen LogP contribution in [-0.4, -0.2) is 79.3 Å². The summed E-state index contributed by atoms with van der Waals surface area (Å²) in [6.45, 7) is 5.14. The molecule has 1 amide bonds. The van der Waals surface area contributed by atoms with E-state index in [1.807, 2.05) is 13.8 Å². The molecule has 0 bridgehead atoms. The average Bonchev–Trinajstić information content (AvgIpc) is 2.62. The van der Waals surface area contributed by atoms with Crippen LogP contribution in [0.1, 0.15) is 24.2 Å². The second-order valence-corrected chi connectivity index (χ2v) is 9.74. The van der Waals surface area contributed by atoms with Gasteiger partial charge in [0.05, 0.1) is 17.8 Å². The molecule has 2 saturated heterocycles. The summed E-state index contributed by atoms with van der Waals surface area (Å²) in [6.07, 6.45) is -0.322. The highest BCUT2D eigenvalue weighted by Gasteiger charge is 2.37. The maximum atomic E-state index is 14.0. The topological polar surface area (TPSA) is 70.2 Å². The van der Waals surface area contributed by atoms with Gasteiger partial charge < -0.3 is 9.64 Å². The van der Waals surface area contributed by atoms with Crippen molar-refractivity contribution in [3.05, 3.63) is 34.1 Å². The molecule has 7 nitrogen and oxygen atoms in total. The molecule has 0 radical (unpaired) electrons. The molecule has 2 heterocycles. The molecule has 2 aliphatic rings. The molecule has 1 aromatic rings. The predicted molar refractivity (Wildman–Crippen MR) is 102 cm³/mol. The Morgan fingerprint density at radius 2 is 1.70 bits per heavy atom. The van der Waals surface area contributed by atoms with Crippen LogP contribution in [0.4, 0.5) is 4.39 Å². The van der Waals surface area contributed by atoms with E-state index in [0.717, 1.165) is 0 Å². The molecule has 27 heavy (non-hydrogen) atoms. The summed E-state index contributed by atoms with van der Waals surface area (Å²) in [7, 11) is -3.61. The monoisotopic (exact) mass is 463 g/mol. The number of halogens is 2. The minimum atomic E-state index is -3.61. The van der Waals surface area contributed by atoms with Gasteiger partial charge in [-0.25, -0.2) is 4.39 Å². The van der Waals surface area contributed by atoms with E-state index in [0.29, 0.717) is 17.6 Å². The van der Waals surface area contributed by atoms with E-state index in [-0.39, 0.29) is 44.0 Å². The molecule has 150 valence electrons. The van der Waals surface area contributed by atoms with Gasteiger partial charge >= 0.3 is 0 Å². The Labute approximate surface area is 167 Å². The lowest BCUT2D eigenvalue weighted by atomic mass is 10.1. The number of morpholine rings is 1. The largest absolute Gasteiger partial charge is 0.373 e. The Hall–Kier alpha value is -1.07. The van der Waals surface area contributed by atoms with Crippen LogP contribution in [0.2, 0.25) is 0 Å². The third-order valence-corrected chi connectivity index (χ3v) is 7.19. The Balaban J connectivity index is 1.66. The minimum Gasteiger partial charge on any atom is -0.373 e. The van der Waals surface area contributed by atoms with Gasteiger partial charge in [0.1, 0.15) is 5.82 Å². The summed E-state index contributed by atoms with van der Waals surface area (Å²) in [6, 6.07) is 4.21. The number of carbonyl (C=O) groups excluding carboxylic acids is 1. The summed E-state index contributed by atoms with van der Waals surface area (Å²) in [4.78, 5) is 14.1. The second-order valence-electron chi connectivity index (χ2n) is 6.90. The molecule has 1 aromatic carbocycles. The molecular weight excluding hydrogens is 441 g/mol. The van der Waals surface area contributed by atoms with Gasteiger partial charge in [0.2, 0.25) is 0 Å². The van der Waals surface area contributed by atoms with Gasteiger partial charge in [0.25, 0.3) is 16.1 Å². The maximum Gasteiger partial charge on any atom is 0.282 e. The van der Waals surface area contributed by atoms with Crippen LogP contribution >= 0.6 is 15.9 Å². The second kappa shape index (κ2) is 8.12. The Morgan fingerprint density at radius 1 is 1.11 bits per heavy atom. The molecule has 2 unspecified atom stereocenters. The van der Waals surface area contributed by atoms with Crippen LogP contribution < -0.4 is 0 Å². The van der Waals surface area contributed by atoms with E-state index in [1.54, 1.807) is 0 Å². The molecule has 0 N–H and O–H groups in total. The van der Waals surface area contributed by atoms with Gasteiger partial charge in [0, 0.05) is 43.7 Å². The van der Waals surface area contributed by atoms with Gasteiger partial charge in [-0.1, -0.05) is 15.9 Å². The highest BCUT2D eigenvalue weighted by molar-refractivity contribution is 9.10. The first-order valence-corrected chi connectivity index (χ1v) is 11.0. The van der Waals surface area contributed by atoms with Gasteiger partial charge in [0.15, 0.2) is 0 Å². The zero-order valence-corrected chi connectivity index (χ0v) is 17.7. The first-order chi connectivity index (χ1) is 12.7. The molecule has 10 heteroatoms. The van der Waals surface area contributed by atoms with Crippen LogP contribution in [0.5, 0.6) is 0 Å². The molecule has 0 saturated carbocycles. The van der Waals surface area contributed by atoms with Crippen LogP contribution in [0.25, 0.3) is 0 Å². The fourth-order valence-corrected chi connectivity index (χ4v) is 5.55. The molecular formula is C17H23BrFN3O4S. The third kappa shape index (κ3) is 4.51. The molecule has 0 spiro atoms. The van der Waals surface area contributed by atoms with Gasteiger partial charge in [-0.15, -0.1) is 0 Å². The summed E-state index contributed by atoms with van der Waals surface area (Å²) in [5, 5.41) is 0. The van der Waals surface area contributed by atoms with Crippen molar-refractivity contribution in [3.63, 3.8) is 0 Å². The smallest absolute Gasteiger partial charge is 0.282 e. The number of rotatable bonds is 3. The van der Waals surface area contributed by atoms with Crippen LogP contribution in [-0.2, 0) is 14.9 Å². The molecule has 2 atom stereocenters. The molecule has 2 aliphatic heterocycles. The maximum absolute atomic E-state index is 14.0. The SMILES string of the molecule is CC1CN(S(=O)(=O)N2CCN(C(=O)c3cc(Br)ccc3F)CC2)CC(C)O1. The molecule has 0 aliphatic carbocycles. The predicted octanol–water partition coefficient (Wildman–Crippen LogP) is 1.70. The molecule has 2 fully saturated rings. The fraction of sp³-hybridized carbons (Fsp3) is 0.588. The lowest BCUT2D eigenvalue weighted by Gasteiger charge is -2.40. The summed E-state index contributed by atoms with van der Waals surface area (Å²) in [5.41, 5.74) is -0.0171. The number of benzene rings is 1. The number of ether oxygens (including phenoxy) is 1. The van der Waals surface area contributed by atoms with E-state index in [4.69, 9.17) is 4.74 Å². The van der Waals surface area contributed by atoms with Gasteiger partial charge in [-0.2, -0.15) is 17.0 Å². The average molecular weight is 464 g/mol. The minimum absolute atomic E-state index is 0.0171. The van der Waals surface area contributed by atoms with Gasteiger partial charge in [-0.05, 0) is 32.0 Å². The first kappa shape index (κ1) is 20.7.